The number of aryl methyl sites for hydroxylation is 1. The van der Waals surface area contributed by atoms with Crippen LogP contribution in [0.25, 0.3) is 0 Å². The van der Waals surface area contributed by atoms with E-state index in [1.165, 1.54) is 18.2 Å². The number of hydrogen-bond donors (Lipinski definition) is 2. The van der Waals surface area contributed by atoms with Crippen molar-refractivity contribution in [1.82, 2.24) is 10.3 Å². The first-order valence-corrected chi connectivity index (χ1v) is 8.39. The summed E-state index contributed by atoms with van der Waals surface area (Å²) in [5.41, 5.74) is 2.66. The van der Waals surface area contributed by atoms with Gasteiger partial charge in [0, 0.05) is 12.2 Å². The number of anilines is 1. The highest BCUT2D eigenvalue weighted by Crippen LogP contribution is 2.14. The third-order valence-electron chi connectivity index (χ3n) is 3.97. The molecule has 0 fully saturated rings. The molecule has 0 unspecified atom stereocenters. The molecule has 0 saturated carbocycles. The van der Waals surface area contributed by atoms with Gasteiger partial charge in [-0.05, 0) is 48.4 Å². The van der Waals surface area contributed by atoms with Gasteiger partial charge >= 0.3 is 0 Å². The zero-order valence-corrected chi connectivity index (χ0v) is 14.7. The maximum absolute atomic E-state index is 12.9. The predicted molar refractivity (Wildman–Crippen MR) is 101 cm³/mol. The Morgan fingerprint density at radius 1 is 0.889 bits per heavy atom. The van der Waals surface area contributed by atoms with E-state index in [9.17, 15) is 14.0 Å². The highest BCUT2D eigenvalue weighted by Gasteiger charge is 2.13. The van der Waals surface area contributed by atoms with Crippen molar-refractivity contribution in [3.05, 3.63) is 95.1 Å². The lowest BCUT2D eigenvalue weighted by atomic mass is 10.2. The lowest BCUT2D eigenvalue weighted by molar-refractivity contribution is 0.0945. The third kappa shape index (κ3) is 4.76. The molecule has 136 valence electrons. The van der Waals surface area contributed by atoms with Crippen LogP contribution in [-0.2, 0) is 6.54 Å². The maximum Gasteiger partial charge on any atom is 0.274 e. The number of halogens is 1. The summed E-state index contributed by atoms with van der Waals surface area (Å²) in [4.78, 5) is 28.8. The van der Waals surface area contributed by atoms with Gasteiger partial charge in [0.1, 0.15) is 17.2 Å². The van der Waals surface area contributed by atoms with Gasteiger partial charge in [-0.2, -0.15) is 0 Å². The zero-order chi connectivity index (χ0) is 19.2. The van der Waals surface area contributed by atoms with Gasteiger partial charge < -0.3 is 10.6 Å². The number of rotatable bonds is 5. The number of carbonyl (C=O) groups is 2. The van der Waals surface area contributed by atoms with Crippen molar-refractivity contribution >= 4 is 17.5 Å². The number of benzene rings is 2. The summed E-state index contributed by atoms with van der Waals surface area (Å²) >= 11 is 0. The van der Waals surface area contributed by atoms with E-state index in [2.05, 4.69) is 15.6 Å². The van der Waals surface area contributed by atoms with Crippen LogP contribution in [-0.4, -0.2) is 16.8 Å². The van der Waals surface area contributed by atoms with E-state index in [0.717, 1.165) is 11.1 Å². The average Bonchev–Trinajstić information content (AvgIpc) is 2.69. The molecular formula is C21H18FN3O2. The highest BCUT2D eigenvalue weighted by molar-refractivity contribution is 6.04. The minimum atomic E-state index is -0.412. The summed E-state index contributed by atoms with van der Waals surface area (Å²) in [5.74, 6) is -1.14. The Bertz CT molecular complexity index is 971. The molecular weight excluding hydrogens is 345 g/mol. The Morgan fingerprint density at radius 3 is 2.26 bits per heavy atom. The molecule has 3 aromatic rings. The fourth-order valence-electron chi connectivity index (χ4n) is 2.46. The number of carbonyl (C=O) groups excluding carboxylic acids is 2. The molecule has 0 radical (unpaired) electrons. The van der Waals surface area contributed by atoms with E-state index >= 15 is 0 Å². The molecule has 0 atom stereocenters. The van der Waals surface area contributed by atoms with Gasteiger partial charge in [-0.3, -0.25) is 9.59 Å². The van der Waals surface area contributed by atoms with Gasteiger partial charge in [0.25, 0.3) is 11.8 Å². The van der Waals surface area contributed by atoms with Crippen molar-refractivity contribution in [1.29, 1.82) is 0 Å². The Kier molecular flexibility index (Phi) is 5.56. The number of hydrogen-bond acceptors (Lipinski definition) is 3. The van der Waals surface area contributed by atoms with Crippen LogP contribution in [0, 0.1) is 12.7 Å². The molecule has 2 amide bonds. The zero-order valence-electron chi connectivity index (χ0n) is 14.7. The summed E-state index contributed by atoms with van der Waals surface area (Å²) in [6, 6.07) is 17.9. The number of aromatic nitrogens is 1. The molecule has 0 aliphatic heterocycles. The van der Waals surface area contributed by atoms with Gasteiger partial charge in [-0.1, -0.05) is 36.4 Å². The molecule has 3 rings (SSSR count). The van der Waals surface area contributed by atoms with Gasteiger partial charge in [0.2, 0.25) is 0 Å². The third-order valence-corrected chi connectivity index (χ3v) is 3.97. The van der Waals surface area contributed by atoms with Crippen LogP contribution < -0.4 is 10.6 Å². The summed E-state index contributed by atoms with van der Waals surface area (Å²) in [7, 11) is 0. The standard InChI is InChI=1S/C21H18FN3O2/c1-14-5-2-3-6-17(14)25-21(27)19-8-4-7-18(24-19)20(26)23-13-15-9-11-16(22)12-10-15/h2-12H,13H2,1H3,(H,23,26)(H,25,27). The van der Waals surface area contributed by atoms with Crippen LogP contribution >= 0.6 is 0 Å². The van der Waals surface area contributed by atoms with Crippen LogP contribution in [0.2, 0.25) is 0 Å². The molecule has 2 N–H and O–H groups in total. The molecule has 5 nitrogen and oxygen atoms in total. The lowest BCUT2D eigenvalue weighted by Gasteiger charge is -2.09. The highest BCUT2D eigenvalue weighted by atomic mass is 19.1. The maximum atomic E-state index is 12.9. The number of para-hydroxylation sites is 1. The van der Waals surface area contributed by atoms with E-state index in [-0.39, 0.29) is 23.7 Å². The van der Waals surface area contributed by atoms with Crippen molar-refractivity contribution in [2.75, 3.05) is 5.32 Å². The van der Waals surface area contributed by atoms with Crippen LogP contribution in [0.1, 0.15) is 32.1 Å². The molecule has 6 heteroatoms. The van der Waals surface area contributed by atoms with Crippen LogP contribution in [0.15, 0.2) is 66.7 Å². The van der Waals surface area contributed by atoms with Gasteiger partial charge in [-0.25, -0.2) is 9.37 Å². The van der Waals surface area contributed by atoms with Crippen LogP contribution in [0.3, 0.4) is 0 Å². The minimum Gasteiger partial charge on any atom is -0.347 e. The molecule has 2 aromatic carbocycles. The Hall–Kier alpha value is -3.54. The number of pyridine rings is 1. The van der Waals surface area contributed by atoms with Crippen molar-refractivity contribution < 1.29 is 14.0 Å². The molecule has 0 saturated heterocycles. The molecule has 0 bridgehead atoms. The Labute approximate surface area is 156 Å². The normalized spacial score (nSPS) is 10.3. The molecule has 1 aromatic heterocycles. The summed E-state index contributed by atoms with van der Waals surface area (Å²) in [6.45, 7) is 2.13. The SMILES string of the molecule is Cc1ccccc1NC(=O)c1cccc(C(=O)NCc2ccc(F)cc2)n1. The number of amides is 2. The summed E-state index contributed by atoms with van der Waals surface area (Å²) < 4.78 is 12.9. The van der Waals surface area contributed by atoms with Gasteiger partial charge in [-0.15, -0.1) is 0 Å². The molecule has 1 heterocycles. The summed E-state index contributed by atoms with van der Waals surface area (Å²) in [5, 5.41) is 5.49. The predicted octanol–water partition coefficient (Wildman–Crippen LogP) is 3.71. The van der Waals surface area contributed by atoms with Crippen molar-refractivity contribution in [3.63, 3.8) is 0 Å². The van der Waals surface area contributed by atoms with Gasteiger partial charge in [0.05, 0.1) is 0 Å². The number of nitrogens with one attached hydrogen (secondary N) is 2. The average molecular weight is 363 g/mol. The molecule has 0 aliphatic carbocycles. The van der Waals surface area contributed by atoms with Crippen molar-refractivity contribution in [3.8, 4) is 0 Å². The van der Waals surface area contributed by atoms with E-state index < -0.39 is 11.8 Å². The second kappa shape index (κ2) is 8.23. The Balaban J connectivity index is 1.67. The van der Waals surface area contributed by atoms with Crippen molar-refractivity contribution in [2.24, 2.45) is 0 Å². The number of nitrogens with zero attached hydrogens (tertiary/aromatic N) is 1. The quantitative estimate of drug-likeness (QED) is 0.726. The fourth-order valence-corrected chi connectivity index (χ4v) is 2.46. The van der Waals surface area contributed by atoms with Crippen LogP contribution in [0.4, 0.5) is 10.1 Å². The lowest BCUT2D eigenvalue weighted by Crippen LogP contribution is -2.25. The molecule has 27 heavy (non-hydrogen) atoms. The van der Waals surface area contributed by atoms with Crippen molar-refractivity contribution in [2.45, 2.75) is 13.5 Å². The van der Waals surface area contributed by atoms with Crippen LogP contribution in [0.5, 0.6) is 0 Å². The topological polar surface area (TPSA) is 71.1 Å². The first-order chi connectivity index (χ1) is 13.0. The monoisotopic (exact) mass is 363 g/mol. The van der Waals surface area contributed by atoms with E-state index in [4.69, 9.17) is 0 Å². The van der Waals surface area contributed by atoms with Gasteiger partial charge in [0.15, 0.2) is 0 Å². The largest absolute Gasteiger partial charge is 0.347 e. The fraction of sp³-hybridized carbons (Fsp3) is 0.0952. The minimum absolute atomic E-state index is 0.134. The first-order valence-electron chi connectivity index (χ1n) is 8.39. The Morgan fingerprint density at radius 2 is 1.56 bits per heavy atom. The van der Waals surface area contributed by atoms with E-state index in [1.807, 2.05) is 25.1 Å². The summed E-state index contributed by atoms with van der Waals surface area (Å²) in [6.07, 6.45) is 0. The first kappa shape index (κ1) is 18.3. The molecule has 0 aliphatic rings. The van der Waals surface area contributed by atoms with E-state index in [1.54, 1.807) is 30.3 Å². The second-order valence-electron chi connectivity index (χ2n) is 5.99. The second-order valence-corrected chi connectivity index (χ2v) is 5.99. The smallest absolute Gasteiger partial charge is 0.274 e. The van der Waals surface area contributed by atoms with E-state index in [0.29, 0.717) is 5.69 Å². The molecule has 0 spiro atoms.